The number of carbonyl (C=O) groups excluding carboxylic acids is 1. The Morgan fingerprint density at radius 3 is 2.29 bits per heavy atom. The minimum Gasteiger partial charge on any atom is -0.357 e. The van der Waals surface area contributed by atoms with Crippen molar-refractivity contribution in [1.29, 1.82) is 0 Å². The van der Waals surface area contributed by atoms with Crippen LogP contribution in [0.3, 0.4) is 0 Å². The van der Waals surface area contributed by atoms with Gasteiger partial charge in [-0.05, 0) is 33.6 Å². The van der Waals surface area contributed by atoms with Crippen molar-refractivity contribution in [2.24, 2.45) is 10.9 Å². The summed E-state index contributed by atoms with van der Waals surface area (Å²) in [5.74, 6) is 0.963. The zero-order valence-corrected chi connectivity index (χ0v) is 18.2. The summed E-state index contributed by atoms with van der Waals surface area (Å²) in [6.07, 6.45) is 2.29. The predicted molar refractivity (Wildman–Crippen MR) is 112 cm³/mol. The highest BCUT2D eigenvalue weighted by Gasteiger charge is 2.21. The molecule has 1 rings (SSSR count). The van der Waals surface area contributed by atoms with Gasteiger partial charge in [0.05, 0.1) is 6.54 Å². The van der Waals surface area contributed by atoms with Gasteiger partial charge < -0.3 is 20.9 Å². The molecule has 0 aromatic carbocycles. The Labute approximate surface area is 164 Å². The molecule has 1 aliphatic rings. The van der Waals surface area contributed by atoms with Crippen LogP contribution in [0.25, 0.3) is 0 Å². The van der Waals surface area contributed by atoms with Crippen LogP contribution in [0.2, 0.25) is 0 Å². The molecule has 1 amide bonds. The number of halogens is 1. The maximum Gasteiger partial charge on any atom is 0.222 e. The molecule has 3 N–H and O–H groups in total. The van der Waals surface area contributed by atoms with Crippen LogP contribution in [-0.2, 0) is 4.79 Å². The van der Waals surface area contributed by atoms with Gasteiger partial charge in [-0.15, -0.1) is 24.0 Å². The predicted octanol–water partition coefficient (Wildman–Crippen LogP) is 1.80. The molecule has 0 atom stereocenters. The lowest BCUT2D eigenvalue weighted by molar-refractivity contribution is -0.123. The monoisotopic (exact) mass is 453 g/mol. The van der Waals surface area contributed by atoms with E-state index in [1.807, 2.05) is 13.8 Å². The van der Waals surface area contributed by atoms with E-state index in [1.165, 1.54) is 0 Å². The third-order valence-corrected chi connectivity index (χ3v) is 4.15. The molecule has 142 valence electrons. The Hall–Kier alpha value is -0.570. The van der Waals surface area contributed by atoms with E-state index in [4.69, 9.17) is 0 Å². The highest BCUT2D eigenvalue weighted by molar-refractivity contribution is 14.0. The first-order valence-electron chi connectivity index (χ1n) is 9.00. The van der Waals surface area contributed by atoms with Gasteiger partial charge in [0.1, 0.15) is 0 Å². The molecule has 7 heteroatoms. The summed E-state index contributed by atoms with van der Waals surface area (Å²) in [6, 6.07) is 1.11. The molecule has 1 saturated heterocycles. The molecule has 24 heavy (non-hydrogen) atoms. The Morgan fingerprint density at radius 1 is 1.17 bits per heavy atom. The van der Waals surface area contributed by atoms with Crippen molar-refractivity contribution < 1.29 is 4.79 Å². The van der Waals surface area contributed by atoms with Gasteiger partial charge >= 0.3 is 0 Å². The first kappa shape index (κ1) is 23.4. The highest BCUT2D eigenvalue weighted by Crippen LogP contribution is 2.12. The highest BCUT2D eigenvalue weighted by atomic mass is 127. The summed E-state index contributed by atoms with van der Waals surface area (Å²) in [7, 11) is 0. The lowest BCUT2D eigenvalue weighted by Gasteiger charge is -2.35. The lowest BCUT2D eigenvalue weighted by atomic mass is 10.0. The number of hydrogen-bond acceptors (Lipinski definition) is 3. The zero-order valence-electron chi connectivity index (χ0n) is 15.9. The van der Waals surface area contributed by atoms with Gasteiger partial charge in [0.2, 0.25) is 5.91 Å². The van der Waals surface area contributed by atoms with E-state index in [2.05, 4.69) is 46.6 Å². The number of hydrogen-bond donors (Lipinski definition) is 3. The van der Waals surface area contributed by atoms with E-state index in [0.29, 0.717) is 25.2 Å². The van der Waals surface area contributed by atoms with Gasteiger partial charge in [-0.3, -0.25) is 9.79 Å². The smallest absolute Gasteiger partial charge is 0.222 e. The van der Waals surface area contributed by atoms with E-state index in [0.717, 1.165) is 38.4 Å². The second kappa shape index (κ2) is 12.7. The molecule has 0 aromatic rings. The van der Waals surface area contributed by atoms with Crippen LogP contribution in [0, 0.1) is 5.92 Å². The Morgan fingerprint density at radius 2 is 1.79 bits per heavy atom. The van der Waals surface area contributed by atoms with Crippen LogP contribution in [0.5, 0.6) is 0 Å². The normalized spacial score (nSPS) is 16.9. The topological polar surface area (TPSA) is 68.8 Å². The molecule has 0 aliphatic carbocycles. The van der Waals surface area contributed by atoms with Crippen LogP contribution < -0.4 is 16.0 Å². The third kappa shape index (κ3) is 9.05. The van der Waals surface area contributed by atoms with E-state index in [-0.39, 0.29) is 35.8 Å². The minimum atomic E-state index is 0. The van der Waals surface area contributed by atoms with Gasteiger partial charge in [-0.2, -0.15) is 0 Å². The van der Waals surface area contributed by atoms with Gasteiger partial charge in [-0.1, -0.05) is 13.8 Å². The van der Waals surface area contributed by atoms with E-state index in [9.17, 15) is 4.79 Å². The summed E-state index contributed by atoms with van der Waals surface area (Å²) < 4.78 is 0. The van der Waals surface area contributed by atoms with Crippen LogP contribution in [0.4, 0.5) is 0 Å². The van der Waals surface area contributed by atoms with Crippen molar-refractivity contribution in [2.75, 3.05) is 32.7 Å². The third-order valence-electron chi connectivity index (χ3n) is 4.15. The average molecular weight is 453 g/mol. The maximum atomic E-state index is 11.5. The average Bonchev–Trinajstić information content (AvgIpc) is 2.51. The summed E-state index contributed by atoms with van der Waals surface area (Å²) in [6.45, 7) is 14.7. The number of aliphatic imine (C=N–C) groups is 1. The molecule has 0 radical (unpaired) electrons. The van der Waals surface area contributed by atoms with Gasteiger partial charge in [0, 0.05) is 44.2 Å². The van der Waals surface area contributed by atoms with Crippen molar-refractivity contribution in [3.8, 4) is 0 Å². The number of piperidine rings is 1. The first-order valence-corrected chi connectivity index (χ1v) is 9.00. The molecule has 1 fully saturated rings. The number of carbonyl (C=O) groups is 1. The number of guanidine groups is 1. The minimum absolute atomic E-state index is 0. The Balaban J connectivity index is 0.00000529. The number of nitrogens with zero attached hydrogens (tertiary/aromatic N) is 2. The molecule has 1 heterocycles. The largest absolute Gasteiger partial charge is 0.357 e. The van der Waals surface area contributed by atoms with Crippen molar-refractivity contribution >= 4 is 35.8 Å². The number of rotatable bonds is 7. The summed E-state index contributed by atoms with van der Waals surface area (Å²) in [4.78, 5) is 18.6. The standard InChI is InChI=1S/C17H35N5O.HI/c1-6-18-17(20-10-9-19-16(23)13(2)3)21-15-7-11-22(12-8-15)14(4)5;/h13-15H,6-12H2,1-5H3,(H,19,23)(H2,18,20,21);1H. The van der Waals surface area contributed by atoms with Crippen molar-refractivity contribution in [2.45, 2.75) is 59.5 Å². The lowest BCUT2D eigenvalue weighted by Crippen LogP contribution is -2.50. The quantitative estimate of drug-likeness (QED) is 0.238. The summed E-state index contributed by atoms with van der Waals surface area (Å²) in [5.41, 5.74) is 0. The zero-order chi connectivity index (χ0) is 17.2. The van der Waals surface area contributed by atoms with Gasteiger partial charge in [-0.25, -0.2) is 0 Å². The molecule has 0 unspecified atom stereocenters. The maximum absolute atomic E-state index is 11.5. The molecule has 0 spiro atoms. The van der Waals surface area contributed by atoms with Gasteiger partial charge in [0.25, 0.3) is 0 Å². The van der Waals surface area contributed by atoms with Crippen LogP contribution >= 0.6 is 24.0 Å². The summed E-state index contributed by atoms with van der Waals surface area (Å²) in [5, 5.41) is 9.71. The number of likely N-dealkylation sites (tertiary alicyclic amines) is 1. The van der Waals surface area contributed by atoms with E-state index >= 15 is 0 Å². The SMILES string of the molecule is CCNC(=NCCNC(=O)C(C)C)NC1CCN(C(C)C)CC1.I. The van der Waals surface area contributed by atoms with Crippen LogP contribution in [0.1, 0.15) is 47.5 Å². The Kier molecular flexibility index (Phi) is 12.4. The van der Waals surface area contributed by atoms with Crippen LogP contribution in [-0.4, -0.2) is 61.6 Å². The summed E-state index contributed by atoms with van der Waals surface area (Å²) >= 11 is 0. The van der Waals surface area contributed by atoms with Crippen LogP contribution in [0.15, 0.2) is 4.99 Å². The molecule has 0 saturated carbocycles. The van der Waals surface area contributed by atoms with E-state index in [1.54, 1.807) is 0 Å². The number of amides is 1. The fraction of sp³-hybridized carbons (Fsp3) is 0.882. The molecular weight excluding hydrogens is 417 g/mol. The fourth-order valence-electron chi connectivity index (χ4n) is 2.62. The van der Waals surface area contributed by atoms with Crippen molar-refractivity contribution in [1.82, 2.24) is 20.9 Å². The first-order chi connectivity index (χ1) is 10.9. The molecule has 0 aromatic heterocycles. The number of nitrogens with one attached hydrogen (secondary N) is 3. The van der Waals surface area contributed by atoms with Crippen molar-refractivity contribution in [3.63, 3.8) is 0 Å². The second-order valence-electron chi connectivity index (χ2n) is 6.75. The fourth-order valence-corrected chi connectivity index (χ4v) is 2.62. The molecular formula is C17H36IN5O. The van der Waals surface area contributed by atoms with Crippen molar-refractivity contribution in [3.05, 3.63) is 0 Å². The Bertz CT molecular complexity index is 379. The molecule has 0 bridgehead atoms. The molecule has 1 aliphatic heterocycles. The van der Waals surface area contributed by atoms with E-state index < -0.39 is 0 Å². The van der Waals surface area contributed by atoms with Gasteiger partial charge in [0.15, 0.2) is 5.96 Å². The molecule has 6 nitrogen and oxygen atoms in total. The second-order valence-corrected chi connectivity index (χ2v) is 6.75.